The number of hydrogen-bond acceptors (Lipinski definition) is 6. The van der Waals surface area contributed by atoms with Crippen LogP contribution in [0.25, 0.3) is 0 Å². The summed E-state index contributed by atoms with van der Waals surface area (Å²) in [5, 5.41) is 5.20. The topological polar surface area (TPSA) is 52.1 Å². The molecule has 0 bridgehead atoms. The molecule has 4 rings (SSSR count). The first-order valence-electron chi connectivity index (χ1n) is 5.95. The maximum absolute atomic E-state index is 12.2. The predicted molar refractivity (Wildman–Crippen MR) is 76.0 cm³/mol. The van der Waals surface area contributed by atoms with Crippen LogP contribution >= 0.6 is 22.7 Å². The standard InChI is InChI=1S/C14H8N2O2S2/c17-11-9-3-1-2-4-10(9)14(18-11,12-15-5-7-19-12)13-16-6-8-20-13/h1-8H. The first kappa shape index (κ1) is 11.7. The molecule has 0 saturated heterocycles. The SMILES string of the molecule is O=C1OC(c2nccs2)(c2nccs2)c2ccccc21. The Kier molecular flexibility index (Phi) is 2.48. The summed E-state index contributed by atoms with van der Waals surface area (Å²) in [5.74, 6) is -0.328. The van der Waals surface area contributed by atoms with Crippen LogP contribution in [0.3, 0.4) is 0 Å². The number of fused-ring (bicyclic) bond motifs is 1. The van der Waals surface area contributed by atoms with Gasteiger partial charge in [0.1, 0.15) is 10.0 Å². The van der Waals surface area contributed by atoms with Crippen molar-refractivity contribution in [2.24, 2.45) is 0 Å². The Bertz CT molecular complexity index is 732. The van der Waals surface area contributed by atoms with E-state index in [-0.39, 0.29) is 5.97 Å². The molecule has 0 saturated carbocycles. The second kappa shape index (κ2) is 4.22. The van der Waals surface area contributed by atoms with E-state index in [1.807, 2.05) is 29.0 Å². The first-order valence-corrected chi connectivity index (χ1v) is 7.71. The van der Waals surface area contributed by atoms with Gasteiger partial charge in [0.25, 0.3) is 0 Å². The van der Waals surface area contributed by atoms with E-state index in [9.17, 15) is 4.79 Å². The van der Waals surface area contributed by atoms with Crippen molar-refractivity contribution in [1.82, 2.24) is 9.97 Å². The van der Waals surface area contributed by atoms with E-state index >= 15 is 0 Å². The zero-order chi connectivity index (χ0) is 13.6. The smallest absolute Gasteiger partial charge is 0.340 e. The third kappa shape index (κ3) is 1.43. The van der Waals surface area contributed by atoms with Crippen LogP contribution < -0.4 is 0 Å². The predicted octanol–water partition coefficient (Wildman–Crippen LogP) is 3.06. The van der Waals surface area contributed by atoms with Crippen LogP contribution in [-0.4, -0.2) is 15.9 Å². The third-order valence-electron chi connectivity index (χ3n) is 3.24. The Morgan fingerprint density at radius 2 is 1.65 bits per heavy atom. The molecule has 1 aromatic carbocycles. The summed E-state index contributed by atoms with van der Waals surface area (Å²) in [4.78, 5) is 20.9. The number of hydrogen-bond donors (Lipinski definition) is 0. The summed E-state index contributed by atoms with van der Waals surface area (Å²) in [5.41, 5.74) is 0.406. The quantitative estimate of drug-likeness (QED) is 0.683. The molecule has 0 radical (unpaired) electrons. The highest BCUT2D eigenvalue weighted by atomic mass is 32.1. The molecule has 0 amide bonds. The lowest BCUT2D eigenvalue weighted by molar-refractivity contribution is 0.0250. The van der Waals surface area contributed by atoms with E-state index in [2.05, 4.69) is 9.97 Å². The molecule has 3 aromatic rings. The Balaban J connectivity index is 2.07. The largest absolute Gasteiger partial charge is 0.435 e. The summed E-state index contributed by atoms with van der Waals surface area (Å²) >= 11 is 2.92. The third-order valence-corrected chi connectivity index (χ3v) is 4.99. The van der Waals surface area contributed by atoms with Crippen molar-refractivity contribution >= 4 is 28.6 Å². The molecule has 6 heteroatoms. The summed E-state index contributed by atoms with van der Waals surface area (Å²) in [7, 11) is 0. The fourth-order valence-electron chi connectivity index (χ4n) is 2.42. The number of esters is 1. The van der Waals surface area contributed by atoms with Crippen LogP contribution in [0.5, 0.6) is 0 Å². The Morgan fingerprint density at radius 3 is 2.25 bits per heavy atom. The van der Waals surface area contributed by atoms with Crippen LogP contribution in [-0.2, 0) is 10.3 Å². The summed E-state index contributed by atoms with van der Waals surface area (Å²) in [6.45, 7) is 0. The van der Waals surface area contributed by atoms with Crippen LogP contribution in [0.1, 0.15) is 25.9 Å². The monoisotopic (exact) mass is 300 g/mol. The van der Waals surface area contributed by atoms with E-state index in [1.165, 1.54) is 22.7 Å². The van der Waals surface area contributed by atoms with Gasteiger partial charge in [-0.1, -0.05) is 18.2 Å². The highest BCUT2D eigenvalue weighted by Gasteiger charge is 2.52. The number of aromatic nitrogens is 2. The maximum atomic E-state index is 12.2. The van der Waals surface area contributed by atoms with Crippen molar-refractivity contribution in [3.63, 3.8) is 0 Å². The maximum Gasteiger partial charge on any atom is 0.340 e. The second-order valence-electron chi connectivity index (χ2n) is 4.29. The van der Waals surface area contributed by atoms with Crippen LogP contribution in [0.4, 0.5) is 0 Å². The van der Waals surface area contributed by atoms with Gasteiger partial charge in [-0.2, -0.15) is 0 Å². The zero-order valence-corrected chi connectivity index (χ0v) is 11.8. The second-order valence-corrected chi connectivity index (χ2v) is 6.08. The highest BCUT2D eigenvalue weighted by molar-refractivity contribution is 7.11. The summed E-state index contributed by atoms with van der Waals surface area (Å²) < 4.78 is 5.77. The lowest BCUT2D eigenvalue weighted by Gasteiger charge is -2.24. The first-order chi connectivity index (χ1) is 9.82. The van der Waals surface area contributed by atoms with Gasteiger partial charge >= 0.3 is 5.97 Å². The summed E-state index contributed by atoms with van der Waals surface area (Å²) in [6, 6.07) is 7.42. The minimum Gasteiger partial charge on any atom is -0.435 e. The Hall–Kier alpha value is -2.05. The van der Waals surface area contributed by atoms with Gasteiger partial charge < -0.3 is 4.74 Å². The molecule has 0 atom stereocenters. The molecular weight excluding hydrogens is 292 g/mol. The van der Waals surface area contributed by atoms with E-state index in [0.29, 0.717) is 5.56 Å². The van der Waals surface area contributed by atoms with Gasteiger partial charge in [0.15, 0.2) is 0 Å². The van der Waals surface area contributed by atoms with Crippen LogP contribution in [0.15, 0.2) is 47.4 Å². The molecule has 98 valence electrons. The minimum absolute atomic E-state index is 0.328. The molecule has 0 aliphatic carbocycles. The zero-order valence-electron chi connectivity index (χ0n) is 10.1. The summed E-state index contributed by atoms with van der Waals surface area (Å²) in [6.07, 6.45) is 3.42. The normalized spacial score (nSPS) is 15.9. The van der Waals surface area contributed by atoms with E-state index < -0.39 is 5.60 Å². The van der Waals surface area contributed by atoms with Crippen LogP contribution in [0.2, 0.25) is 0 Å². The molecule has 0 spiro atoms. The molecular formula is C14H8N2O2S2. The number of ether oxygens (including phenoxy) is 1. The number of benzene rings is 1. The molecule has 2 aromatic heterocycles. The number of nitrogens with zero attached hydrogens (tertiary/aromatic N) is 2. The molecule has 1 aliphatic rings. The van der Waals surface area contributed by atoms with Crippen molar-refractivity contribution < 1.29 is 9.53 Å². The van der Waals surface area contributed by atoms with Crippen molar-refractivity contribution in [2.75, 3.05) is 0 Å². The minimum atomic E-state index is -0.990. The van der Waals surface area contributed by atoms with Crippen molar-refractivity contribution in [3.05, 3.63) is 68.6 Å². The average molecular weight is 300 g/mol. The van der Waals surface area contributed by atoms with E-state index in [1.54, 1.807) is 18.5 Å². The fourth-order valence-corrected chi connectivity index (χ4v) is 4.06. The number of rotatable bonds is 2. The van der Waals surface area contributed by atoms with Gasteiger partial charge in [0.05, 0.1) is 5.56 Å². The van der Waals surface area contributed by atoms with Crippen LogP contribution in [0, 0.1) is 0 Å². The Labute approximate surface area is 122 Å². The van der Waals surface area contributed by atoms with Crippen molar-refractivity contribution in [2.45, 2.75) is 5.60 Å². The van der Waals surface area contributed by atoms with Gasteiger partial charge in [-0.25, -0.2) is 14.8 Å². The van der Waals surface area contributed by atoms with Gasteiger partial charge in [-0.3, -0.25) is 0 Å². The number of carbonyl (C=O) groups excluding carboxylic acids is 1. The molecule has 0 unspecified atom stereocenters. The average Bonchev–Trinajstić information content (AvgIpc) is 3.20. The number of thiazole rings is 2. The molecule has 3 heterocycles. The van der Waals surface area contributed by atoms with E-state index in [4.69, 9.17) is 4.74 Å². The Morgan fingerprint density at radius 1 is 1.00 bits per heavy atom. The highest BCUT2D eigenvalue weighted by Crippen LogP contribution is 2.47. The lowest BCUT2D eigenvalue weighted by Crippen LogP contribution is -2.29. The van der Waals surface area contributed by atoms with Crippen molar-refractivity contribution in [3.8, 4) is 0 Å². The van der Waals surface area contributed by atoms with Crippen molar-refractivity contribution in [1.29, 1.82) is 0 Å². The lowest BCUT2D eigenvalue weighted by atomic mass is 9.93. The number of carbonyl (C=O) groups is 1. The van der Waals surface area contributed by atoms with Gasteiger partial charge in [-0.15, -0.1) is 22.7 Å². The molecule has 20 heavy (non-hydrogen) atoms. The molecule has 1 aliphatic heterocycles. The molecule has 0 N–H and O–H groups in total. The number of cyclic esters (lactones) is 1. The molecule has 0 fully saturated rings. The van der Waals surface area contributed by atoms with Gasteiger partial charge in [0.2, 0.25) is 5.60 Å². The molecule has 4 nitrogen and oxygen atoms in total. The van der Waals surface area contributed by atoms with E-state index in [0.717, 1.165) is 15.6 Å². The van der Waals surface area contributed by atoms with Gasteiger partial charge in [-0.05, 0) is 6.07 Å². The van der Waals surface area contributed by atoms with Gasteiger partial charge in [0, 0.05) is 28.7 Å². The fraction of sp³-hybridized carbons (Fsp3) is 0.0714.